The molecule has 0 aliphatic carbocycles. The normalized spacial score (nSPS) is 15.6. The molecule has 7 heteroatoms. The van der Waals surface area contributed by atoms with Gasteiger partial charge < -0.3 is 14.2 Å². The highest BCUT2D eigenvalue weighted by Gasteiger charge is 2.31. The first-order valence-electron chi connectivity index (χ1n) is 9.27. The number of rotatable bonds is 6. The van der Waals surface area contributed by atoms with Crippen LogP contribution in [0.25, 0.3) is 0 Å². The molecule has 0 radical (unpaired) electrons. The zero-order valence-corrected chi connectivity index (χ0v) is 16.9. The van der Waals surface area contributed by atoms with Crippen LogP contribution in [0.15, 0.2) is 41.4 Å². The van der Waals surface area contributed by atoms with E-state index in [9.17, 15) is 13.2 Å². The van der Waals surface area contributed by atoms with E-state index in [1.54, 1.807) is 19.2 Å². The van der Waals surface area contributed by atoms with E-state index < -0.39 is 11.7 Å². The Morgan fingerprint density at radius 3 is 2.41 bits per heavy atom. The minimum Gasteiger partial charge on any atom is -0.493 e. The summed E-state index contributed by atoms with van der Waals surface area (Å²) in [6.45, 7) is 4.41. The number of benzene rings is 2. The Morgan fingerprint density at radius 2 is 1.83 bits per heavy atom. The van der Waals surface area contributed by atoms with Gasteiger partial charge in [0.1, 0.15) is 6.61 Å². The van der Waals surface area contributed by atoms with Crippen LogP contribution in [0.1, 0.15) is 36.1 Å². The summed E-state index contributed by atoms with van der Waals surface area (Å²) in [6.07, 6.45) is -3.52. The average molecular weight is 407 g/mol. The molecule has 4 nitrogen and oxygen atoms in total. The summed E-state index contributed by atoms with van der Waals surface area (Å²) in [5, 5.41) is 0. The number of hydrogen-bond acceptors (Lipinski definition) is 4. The fourth-order valence-electron chi connectivity index (χ4n) is 3.33. The molecular formula is C22H24F3NO3. The number of methoxy groups -OCH3 is 2. The van der Waals surface area contributed by atoms with Gasteiger partial charge in [0.15, 0.2) is 11.5 Å². The first kappa shape index (κ1) is 21.0. The van der Waals surface area contributed by atoms with E-state index in [0.29, 0.717) is 42.4 Å². The molecule has 0 saturated carbocycles. The molecule has 0 atom stereocenters. The Morgan fingerprint density at radius 1 is 1.07 bits per heavy atom. The molecule has 3 rings (SSSR count). The van der Waals surface area contributed by atoms with Crippen LogP contribution in [0.4, 0.5) is 13.2 Å². The lowest BCUT2D eigenvalue weighted by Gasteiger charge is -2.17. The van der Waals surface area contributed by atoms with Gasteiger partial charge in [0.2, 0.25) is 5.90 Å². The second-order valence-corrected chi connectivity index (χ2v) is 7.54. The Labute approximate surface area is 168 Å². The van der Waals surface area contributed by atoms with Crippen molar-refractivity contribution in [2.75, 3.05) is 20.8 Å². The van der Waals surface area contributed by atoms with E-state index in [2.05, 4.69) is 4.99 Å². The smallest absolute Gasteiger partial charge is 0.416 e. The quantitative estimate of drug-likeness (QED) is 0.672. The molecule has 0 fully saturated rings. The predicted molar refractivity (Wildman–Crippen MR) is 105 cm³/mol. The molecule has 156 valence electrons. The summed E-state index contributed by atoms with van der Waals surface area (Å²) in [7, 11) is 3.08. The molecule has 0 spiro atoms. The largest absolute Gasteiger partial charge is 0.493 e. The SMILES string of the molecule is COc1ccc(C2=NC(C)(C)CO2)c(CCc2cccc(C(F)(F)F)c2)c1OC. The summed E-state index contributed by atoms with van der Waals surface area (Å²) in [4.78, 5) is 4.63. The van der Waals surface area contributed by atoms with Crippen LogP contribution < -0.4 is 9.47 Å². The van der Waals surface area contributed by atoms with Crippen LogP contribution >= 0.6 is 0 Å². The van der Waals surface area contributed by atoms with Crippen molar-refractivity contribution in [1.82, 2.24) is 0 Å². The number of halogens is 3. The van der Waals surface area contributed by atoms with Crippen molar-refractivity contribution in [3.8, 4) is 11.5 Å². The van der Waals surface area contributed by atoms with E-state index in [-0.39, 0.29) is 5.54 Å². The number of aliphatic imine (C=N–C) groups is 1. The fourth-order valence-corrected chi connectivity index (χ4v) is 3.33. The molecule has 2 aromatic rings. The third-order valence-corrected chi connectivity index (χ3v) is 4.76. The first-order chi connectivity index (χ1) is 13.6. The van der Waals surface area contributed by atoms with Gasteiger partial charge in [0.05, 0.1) is 25.3 Å². The zero-order valence-electron chi connectivity index (χ0n) is 16.9. The summed E-state index contributed by atoms with van der Waals surface area (Å²) >= 11 is 0. The van der Waals surface area contributed by atoms with Crippen molar-refractivity contribution in [3.63, 3.8) is 0 Å². The lowest BCUT2D eigenvalue weighted by molar-refractivity contribution is -0.137. The van der Waals surface area contributed by atoms with Crippen LogP contribution in [0.5, 0.6) is 11.5 Å². The van der Waals surface area contributed by atoms with Gasteiger partial charge in [-0.25, -0.2) is 4.99 Å². The fraction of sp³-hybridized carbons (Fsp3) is 0.409. The average Bonchev–Trinajstić information content (AvgIpc) is 3.04. The molecule has 0 N–H and O–H groups in total. The Hall–Kier alpha value is -2.70. The van der Waals surface area contributed by atoms with Gasteiger partial charge in [0, 0.05) is 11.1 Å². The van der Waals surface area contributed by atoms with Crippen LogP contribution in [0, 0.1) is 0 Å². The second-order valence-electron chi connectivity index (χ2n) is 7.54. The molecule has 0 aromatic heterocycles. The van der Waals surface area contributed by atoms with Crippen molar-refractivity contribution >= 4 is 5.90 Å². The number of ether oxygens (including phenoxy) is 3. The molecule has 1 aliphatic heterocycles. The summed E-state index contributed by atoms with van der Waals surface area (Å²) in [5.74, 6) is 1.59. The molecule has 1 aliphatic rings. The van der Waals surface area contributed by atoms with Gasteiger partial charge in [-0.2, -0.15) is 13.2 Å². The Bertz CT molecular complexity index is 920. The van der Waals surface area contributed by atoms with Gasteiger partial charge in [0.25, 0.3) is 0 Å². The second kappa shape index (κ2) is 7.97. The summed E-state index contributed by atoms with van der Waals surface area (Å²) in [5.41, 5.74) is 1.16. The summed E-state index contributed by atoms with van der Waals surface area (Å²) in [6, 6.07) is 8.99. The van der Waals surface area contributed by atoms with Gasteiger partial charge in [-0.15, -0.1) is 0 Å². The standard InChI is InChI=1S/C22H24F3NO3/c1-21(2)13-29-20(26-21)17-10-11-18(27-3)19(28-4)16(17)9-8-14-6-5-7-15(12-14)22(23,24)25/h5-7,10-12H,8-9,13H2,1-4H3. The molecule has 0 amide bonds. The number of hydrogen-bond donors (Lipinski definition) is 0. The van der Waals surface area contributed by atoms with E-state index >= 15 is 0 Å². The zero-order chi connectivity index (χ0) is 21.2. The lowest BCUT2D eigenvalue weighted by Crippen LogP contribution is -2.17. The van der Waals surface area contributed by atoms with Crippen molar-refractivity contribution in [3.05, 3.63) is 58.7 Å². The Kier molecular flexibility index (Phi) is 5.78. The van der Waals surface area contributed by atoms with Crippen LogP contribution in [0.3, 0.4) is 0 Å². The lowest BCUT2D eigenvalue weighted by atomic mass is 9.97. The molecule has 0 unspecified atom stereocenters. The Balaban J connectivity index is 1.97. The van der Waals surface area contributed by atoms with Gasteiger partial charge in [-0.3, -0.25) is 0 Å². The maximum Gasteiger partial charge on any atom is 0.416 e. The summed E-state index contributed by atoms with van der Waals surface area (Å²) < 4.78 is 55.8. The van der Waals surface area contributed by atoms with E-state index in [0.717, 1.165) is 17.2 Å². The van der Waals surface area contributed by atoms with Crippen molar-refractivity contribution < 1.29 is 27.4 Å². The maximum absolute atomic E-state index is 13.0. The molecule has 29 heavy (non-hydrogen) atoms. The molecular weight excluding hydrogens is 383 g/mol. The monoisotopic (exact) mass is 407 g/mol. The van der Waals surface area contributed by atoms with Gasteiger partial charge in [-0.05, 0) is 50.5 Å². The third-order valence-electron chi connectivity index (χ3n) is 4.76. The molecule has 0 saturated heterocycles. The van der Waals surface area contributed by atoms with Gasteiger partial charge >= 0.3 is 6.18 Å². The van der Waals surface area contributed by atoms with E-state index in [1.807, 2.05) is 19.9 Å². The molecule has 1 heterocycles. The molecule has 0 bridgehead atoms. The highest BCUT2D eigenvalue weighted by atomic mass is 19.4. The van der Waals surface area contributed by atoms with E-state index in [4.69, 9.17) is 14.2 Å². The number of alkyl halides is 3. The maximum atomic E-state index is 13.0. The topological polar surface area (TPSA) is 40.0 Å². The molecule has 2 aromatic carbocycles. The van der Waals surface area contributed by atoms with Crippen LogP contribution in [-0.2, 0) is 23.8 Å². The number of nitrogens with zero attached hydrogens (tertiary/aromatic N) is 1. The van der Waals surface area contributed by atoms with Crippen molar-refractivity contribution in [2.45, 2.75) is 38.4 Å². The van der Waals surface area contributed by atoms with E-state index in [1.165, 1.54) is 19.2 Å². The third kappa shape index (κ3) is 4.66. The predicted octanol–water partition coefficient (Wildman–Crippen LogP) is 5.06. The van der Waals surface area contributed by atoms with Gasteiger partial charge in [-0.1, -0.05) is 18.2 Å². The van der Waals surface area contributed by atoms with Crippen molar-refractivity contribution in [2.24, 2.45) is 4.99 Å². The van der Waals surface area contributed by atoms with Crippen molar-refractivity contribution in [1.29, 1.82) is 0 Å². The minimum atomic E-state index is -4.37. The number of aryl methyl sites for hydroxylation is 1. The van der Waals surface area contributed by atoms with Crippen LogP contribution in [0.2, 0.25) is 0 Å². The first-order valence-corrected chi connectivity index (χ1v) is 9.27. The minimum absolute atomic E-state index is 0.333. The van der Waals surface area contributed by atoms with Crippen LogP contribution in [-0.4, -0.2) is 32.3 Å². The highest BCUT2D eigenvalue weighted by Crippen LogP contribution is 2.36. The highest BCUT2D eigenvalue weighted by molar-refractivity contribution is 5.98.